The van der Waals surface area contributed by atoms with Crippen LogP contribution in [0.25, 0.3) is 0 Å². The Morgan fingerprint density at radius 3 is 3.00 bits per heavy atom. The number of nitrogens with zero attached hydrogens (tertiary/aromatic N) is 3. The number of nitriles is 1. The van der Waals surface area contributed by atoms with Crippen molar-refractivity contribution in [3.63, 3.8) is 0 Å². The second kappa shape index (κ2) is 5.05. The molecule has 0 unspecified atom stereocenters. The topological polar surface area (TPSA) is 49.6 Å². The van der Waals surface area contributed by atoms with Crippen LogP contribution in [-0.2, 0) is 5.75 Å². The van der Waals surface area contributed by atoms with Crippen LogP contribution in [0.3, 0.4) is 0 Å². The van der Waals surface area contributed by atoms with Crippen LogP contribution in [0.15, 0.2) is 28.9 Å². The van der Waals surface area contributed by atoms with Crippen LogP contribution >= 0.6 is 23.3 Å². The number of hydrogen-bond donors (Lipinski definition) is 0. The molecule has 0 aliphatic heterocycles. The first-order chi connectivity index (χ1) is 7.78. The summed E-state index contributed by atoms with van der Waals surface area (Å²) in [6, 6.07) is 6.25. The van der Waals surface area contributed by atoms with E-state index in [0.717, 1.165) is 9.90 Å². The molecule has 1 heterocycles. The van der Waals surface area contributed by atoms with E-state index in [4.69, 9.17) is 5.26 Å². The second-order valence-corrected chi connectivity index (χ2v) is 4.96. The van der Waals surface area contributed by atoms with Gasteiger partial charge in [0.15, 0.2) is 4.34 Å². The highest BCUT2D eigenvalue weighted by molar-refractivity contribution is 8.00. The Bertz CT molecular complexity index is 519. The summed E-state index contributed by atoms with van der Waals surface area (Å²) in [6.45, 7) is 0. The molecule has 0 aliphatic carbocycles. The van der Waals surface area contributed by atoms with Gasteiger partial charge in [-0.25, -0.2) is 9.37 Å². The first kappa shape index (κ1) is 11.0. The van der Waals surface area contributed by atoms with E-state index in [1.807, 2.05) is 6.07 Å². The summed E-state index contributed by atoms with van der Waals surface area (Å²) < 4.78 is 17.8. The Kier molecular flexibility index (Phi) is 3.49. The Hall–Kier alpha value is -1.45. The molecule has 16 heavy (non-hydrogen) atoms. The van der Waals surface area contributed by atoms with E-state index in [1.54, 1.807) is 6.07 Å². The van der Waals surface area contributed by atoms with Gasteiger partial charge in [-0.15, -0.1) is 0 Å². The van der Waals surface area contributed by atoms with E-state index >= 15 is 0 Å². The molecule has 80 valence electrons. The predicted octanol–water partition coefficient (Wildman–Crippen LogP) is 2.84. The average Bonchev–Trinajstić information content (AvgIpc) is 2.78. The normalized spacial score (nSPS) is 10.0. The minimum atomic E-state index is -0.382. The maximum Gasteiger partial charge on any atom is 0.170 e. The molecule has 1 aromatic carbocycles. The highest BCUT2D eigenvalue weighted by Crippen LogP contribution is 2.23. The third-order valence-corrected chi connectivity index (χ3v) is 3.66. The van der Waals surface area contributed by atoms with Gasteiger partial charge in [-0.1, -0.05) is 11.8 Å². The summed E-state index contributed by atoms with van der Waals surface area (Å²) in [7, 11) is 0. The van der Waals surface area contributed by atoms with E-state index in [0.29, 0.717) is 11.3 Å². The summed E-state index contributed by atoms with van der Waals surface area (Å²) in [5.74, 6) is 0.202. The summed E-state index contributed by atoms with van der Waals surface area (Å²) in [6.07, 6.45) is 1.49. The van der Waals surface area contributed by atoms with Gasteiger partial charge in [0.2, 0.25) is 0 Å². The zero-order valence-electron chi connectivity index (χ0n) is 8.05. The van der Waals surface area contributed by atoms with Gasteiger partial charge >= 0.3 is 0 Å². The van der Waals surface area contributed by atoms with Gasteiger partial charge in [0.1, 0.15) is 12.1 Å². The van der Waals surface area contributed by atoms with Crippen LogP contribution in [0.5, 0.6) is 0 Å². The molecule has 2 aromatic rings. The van der Waals surface area contributed by atoms with Crippen molar-refractivity contribution in [2.75, 3.05) is 0 Å². The number of halogens is 1. The van der Waals surface area contributed by atoms with Gasteiger partial charge in [0.25, 0.3) is 0 Å². The number of rotatable bonds is 3. The number of hydrogen-bond acceptors (Lipinski definition) is 5. The minimum absolute atomic E-state index is 0.341. The lowest BCUT2D eigenvalue weighted by Crippen LogP contribution is -1.86. The number of benzene rings is 1. The molecule has 6 heteroatoms. The van der Waals surface area contributed by atoms with Crippen molar-refractivity contribution in [2.45, 2.75) is 10.1 Å². The molecule has 0 spiro atoms. The fourth-order valence-electron chi connectivity index (χ4n) is 1.17. The lowest BCUT2D eigenvalue weighted by Gasteiger charge is -2.00. The molecule has 0 N–H and O–H groups in total. The van der Waals surface area contributed by atoms with Crippen LogP contribution in [0.2, 0.25) is 0 Å². The highest BCUT2D eigenvalue weighted by Gasteiger charge is 2.03. The quantitative estimate of drug-likeness (QED) is 0.787. The van der Waals surface area contributed by atoms with E-state index in [9.17, 15) is 4.39 Å². The summed E-state index contributed by atoms with van der Waals surface area (Å²) in [5.41, 5.74) is 1.12. The fourth-order valence-corrected chi connectivity index (χ4v) is 2.54. The molecule has 0 saturated heterocycles. The highest BCUT2D eigenvalue weighted by atomic mass is 32.2. The van der Waals surface area contributed by atoms with Crippen LogP contribution in [-0.4, -0.2) is 9.36 Å². The van der Waals surface area contributed by atoms with Crippen molar-refractivity contribution in [1.29, 1.82) is 5.26 Å². The van der Waals surface area contributed by atoms with E-state index < -0.39 is 0 Å². The smallest absolute Gasteiger partial charge is 0.170 e. The van der Waals surface area contributed by atoms with Crippen molar-refractivity contribution in [3.8, 4) is 6.07 Å². The molecule has 0 aliphatic rings. The third kappa shape index (κ3) is 2.78. The maximum absolute atomic E-state index is 13.1. The van der Waals surface area contributed by atoms with Crippen molar-refractivity contribution in [1.82, 2.24) is 9.36 Å². The van der Waals surface area contributed by atoms with Crippen LogP contribution in [0.1, 0.15) is 11.1 Å². The molecule has 0 radical (unpaired) electrons. The molecule has 0 bridgehead atoms. The Morgan fingerprint density at radius 1 is 1.44 bits per heavy atom. The molecular formula is C10H6FN3S2. The van der Waals surface area contributed by atoms with Crippen LogP contribution < -0.4 is 0 Å². The van der Waals surface area contributed by atoms with Gasteiger partial charge in [-0.3, -0.25) is 0 Å². The fraction of sp³-hybridized carbons (Fsp3) is 0.100. The first-order valence-electron chi connectivity index (χ1n) is 4.37. The minimum Gasteiger partial charge on any atom is -0.216 e. The lowest BCUT2D eigenvalue weighted by atomic mass is 10.1. The van der Waals surface area contributed by atoms with Gasteiger partial charge in [-0.05, 0) is 35.3 Å². The van der Waals surface area contributed by atoms with Crippen LogP contribution in [0.4, 0.5) is 4.39 Å². The van der Waals surface area contributed by atoms with Crippen LogP contribution in [0, 0.1) is 17.1 Å². The van der Waals surface area contributed by atoms with Crippen molar-refractivity contribution in [2.24, 2.45) is 0 Å². The van der Waals surface area contributed by atoms with E-state index in [2.05, 4.69) is 9.36 Å². The molecule has 0 amide bonds. The third-order valence-electron chi connectivity index (χ3n) is 1.79. The zero-order chi connectivity index (χ0) is 11.4. The zero-order valence-corrected chi connectivity index (χ0v) is 9.69. The summed E-state index contributed by atoms with van der Waals surface area (Å²) in [5, 5.41) is 8.69. The molecule has 3 nitrogen and oxygen atoms in total. The molecule has 2 rings (SSSR count). The molecule has 1 aromatic heterocycles. The standard InChI is InChI=1S/C10H6FN3S2/c11-9-2-7(4-12)1-8(3-9)5-15-10-13-6-14-16-10/h1-3,6H,5H2. The Morgan fingerprint density at radius 2 is 2.31 bits per heavy atom. The SMILES string of the molecule is N#Cc1cc(F)cc(CSc2ncns2)c1. The van der Waals surface area contributed by atoms with Gasteiger partial charge in [0.05, 0.1) is 11.6 Å². The molecule has 0 saturated carbocycles. The van der Waals surface area contributed by atoms with Gasteiger partial charge < -0.3 is 0 Å². The average molecular weight is 251 g/mol. The van der Waals surface area contributed by atoms with Crippen molar-refractivity contribution < 1.29 is 4.39 Å². The second-order valence-electron chi connectivity index (χ2n) is 2.96. The first-order valence-corrected chi connectivity index (χ1v) is 6.13. The Balaban J connectivity index is 2.10. The maximum atomic E-state index is 13.1. The Labute approximate surface area is 100 Å². The summed E-state index contributed by atoms with van der Waals surface area (Å²) in [4.78, 5) is 4.01. The molecule has 0 fully saturated rings. The lowest BCUT2D eigenvalue weighted by molar-refractivity contribution is 0.626. The van der Waals surface area contributed by atoms with E-state index in [1.165, 1.54) is 41.8 Å². The molecule has 0 atom stereocenters. The number of thioether (sulfide) groups is 1. The van der Waals surface area contributed by atoms with Gasteiger partial charge in [-0.2, -0.15) is 9.64 Å². The predicted molar refractivity (Wildman–Crippen MR) is 60.6 cm³/mol. The summed E-state index contributed by atoms with van der Waals surface area (Å²) >= 11 is 2.78. The monoisotopic (exact) mass is 251 g/mol. The molecular weight excluding hydrogens is 245 g/mol. The largest absolute Gasteiger partial charge is 0.216 e. The van der Waals surface area contributed by atoms with Gasteiger partial charge in [0, 0.05) is 5.75 Å². The van der Waals surface area contributed by atoms with Crippen molar-refractivity contribution >= 4 is 23.3 Å². The van der Waals surface area contributed by atoms with Crippen molar-refractivity contribution in [3.05, 3.63) is 41.5 Å². The van der Waals surface area contributed by atoms with E-state index in [-0.39, 0.29) is 5.82 Å². The number of aromatic nitrogens is 2.